The van der Waals surface area contributed by atoms with Crippen molar-refractivity contribution in [2.24, 2.45) is 7.05 Å². The van der Waals surface area contributed by atoms with Crippen LogP contribution in [-0.4, -0.2) is 20.0 Å². The Bertz CT molecular complexity index is 733. The Balaban J connectivity index is 2.04. The molecule has 0 aliphatic rings. The zero-order valence-corrected chi connectivity index (χ0v) is 11.1. The van der Waals surface area contributed by atoms with Crippen LogP contribution in [0.3, 0.4) is 0 Å². The Kier molecular flexibility index (Phi) is 2.91. The summed E-state index contributed by atoms with van der Waals surface area (Å²) in [6, 6.07) is 8.35. The van der Waals surface area contributed by atoms with E-state index in [0.717, 1.165) is 23.0 Å². The number of aryl methyl sites for hydroxylation is 1. The molecule has 2 aromatic heterocycles. The summed E-state index contributed by atoms with van der Waals surface area (Å²) in [5.74, 6) is 0. The van der Waals surface area contributed by atoms with Crippen molar-refractivity contribution < 1.29 is 0 Å². The van der Waals surface area contributed by atoms with Gasteiger partial charge in [0.05, 0.1) is 17.4 Å². The maximum Gasteiger partial charge on any atom is 0.0650 e. The van der Waals surface area contributed by atoms with Gasteiger partial charge in [0.25, 0.3) is 0 Å². The summed E-state index contributed by atoms with van der Waals surface area (Å²) in [6.07, 6.45) is 6.87. The van der Waals surface area contributed by atoms with Crippen molar-refractivity contribution >= 4 is 22.6 Å². The van der Waals surface area contributed by atoms with Crippen LogP contribution >= 0.6 is 0 Å². The number of aromatic nitrogens is 4. The summed E-state index contributed by atoms with van der Waals surface area (Å²) < 4.78 is 1.91. The predicted octanol–water partition coefficient (Wildman–Crippen LogP) is 3.25. The van der Waals surface area contributed by atoms with Crippen molar-refractivity contribution in [3.8, 4) is 0 Å². The third-order valence-corrected chi connectivity index (χ3v) is 3.34. The minimum atomic E-state index is 0.975. The van der Waals surface area contributed by atoms with Crippen molar-refractivity contribution in [3.05, 3.63) is 47.9 Å². The molecule has 2 heterocycles. The molecule has 0 aliphatic carbocycles. The summed E-state index contributed by atoms with van der Waals surface area (Å²) >= 11 is 0. The van der Waals surface area contributed by atoms with E-state index in [2.05, 4.69) is 46.5 Å². The second-order valence-electron chi connectivity index (χ2n) is 4.58. The normalized spacial score (nSPS) is 12.2. The van der Waals surface area contributed by atoms with Crippen LogP contribution in [0.1, 0.15) is 24.6 Å². The Morgan fingerprint density at radius 3 is 3.00 bits per heavy atom. The fraction of sp³-hybridized carbons (Fsp3) is 0.200. The van der Waals surface area contributed by atoms with Crippen molar-refractivity contribution in [1.29, 1.82) is 0 Å². The van der Waals surface area contributed by atoms with E-state index in [0.29, 0.717) is 0 Å². The summed E-state index contributed by atoms with van der Waals surface area (Å²) in [4.78, 5) is 0. The zero-order chi connectivity index (χ0) is 13.2. The molecule has 0 atom stereocenters. The van der Waals surface area contributed by atoms with Gasteiger partial charge in [-0.2, -0.15) is 10.2 Å². The quantitative estimate of drug-likeness (QED) is 0.777. The van der Waals surface area contributed by atoms with Gasteiger partial charge in [0.15, 0.2) is 0 Å². The average Bonchev–Trinajstić information content (AvgIpc) is 3.04. The molecule has 3 rings (SSSR count). The van der Waals surface area contributed by atoms with Crippen molar-refractivity contribution in [2.45, 2.75) is 13.3 Å². The fourth-order valence-corrected chi connectivity index (χ4v) is 2.30. The number of rotatable bonds is 3. The third-order valence-electron chi connectivity index (χ3n) is 3.34. The summed E-state index contributed by atoms with van der Waals surface area (Å²) in [5, 5.41) is 12.4. The predicted molar refractivity (Wildman–Crippen MR) is 77.5 cm³/mol. The summed E-state index contributed by atoms with van der Waals surface area (Å²) in [7, 11) is 1.97. The van der Waals surface area contributed by atoms with Gasteiger partial charge in [0, 0.05) is 18.6 Å². The molecule has 0 saturated carbocycles. The highest BCUT2D eigenvalue weighted by molar-refractivity contribution is 5.85. The molecule has 1 N–H and O–H groups in total. The Morgan fingerprint density at radius 2 is 2.26 bits per heavy atom. The van der Waals surface area contributed by atoms with E-state index >= 15 is 0 Å². The van der Waals surface area contributed by atoms with Gasteiger partial charge in [-0.05, 0) is 41.8 Å². The number of benzene rings is 1. The number of hydrogen-bond acceptors (Lipinski definition) is 2. The van der Waals surface area contributed by atoms with Gasteiger partial charge in [-0.15, -0.1) is 0 Å². The van der Waals surface area contributed by atoms with E-state index in [9.17, 15) is 0 Å². The van der Waals surface area contributed by atoms with Gasteiger partial charge >= 0.3 is 0 Å². The van der Waals surface area contributed by atoms with Crippen LogP contribution in [-0.2, 0) is 7.05 Å². The topological polar surface area (TPSA) is 46.5 Å². The molecule has 0 bridgehead atoms. The minimum Gasteiger partial charge on any atom is -0.278 e. The molecule has 0 unspecified atom stereocenters. The van der Waals surface area contributed by atoms with Crippen molar-refractivity contribution in [1.82, 2.24) is 20.0 Å². The van der Waals surface area contributed by atoms with E-state index < -0.39 is 0 Å². The van der Waals surface area contributed by atoms with E-state index in [1.54, 1.807) is 0 Å². The SMILES string of the molecule is CC/C(=C\c1ccc2[nH]ncc2c1)c1ccnn1C. The monoisotopic (exact) mass is 252 g/mol. The first kappa shape index (κ1) is 11.7. The zero-order valence-electron chi connectivity index (χ0n) is 11.1. The van der Waals surface area contributed by atoms with Gasteiger partial charge in [-0.25, -0.2) is 0 Å². The fourth-order valence-electron chi connectivity index (χ4n) is 2.30. The van der Waals surface area contributed by atoms with E-state index in [1.807, 2.05) is 30.2 Å². The first-order valence-corrected chi connectivity index (χ1v) is 6.40. The largest absolute Gasteiger partial charge is 0.278 e. The Labute approximate surface area is 111 Å². The summed E-state index contributed by atoms with van der Waals surface area (Å²) in [5.41, 5.74) is 4.69. The highest BCUT2D eigenvalue weighted by Gasteiger charge is 2.04. The Morgan fingerprint density at radius 1 is 1.37 bits per heavy atom. The molecule has 0 spiro atoms. The molecule has 0 fully saturated rings. The minimum absolute atomic E-state index is 0.975. The maximum atomic E-state index is 4.23. The van der Waals surface area contributed by atoms with E-state index in [1.165, 1.54) is 11.1 Å². The molecule has 4 nitrogen and oxygen atoms in total. The number of aromatic amines is 1. The molecule has 19 heavy (non-hydrogen) atoms. The number of nitrogens with zero attached hydrogens (tertiary/aromatic N) is 3. The lowest BCUT2D eigenvalue weighted by molar-refractivity contribution is 0.754. The number of fused-ring (bicyclic) bond motifs is 1. The van der Waals surface area contributed by atoms with Crippen LogP contribution in [0.5, 0.6) is 0 Å². The molecule has 96 valence electrons. The smallest absolute Gasteiger partial charge is 0.0650 e. The number of nitrogens with one attached hydrogen (secondary N) is 1. The lowest BCUT2D eigenvalue weighted by Gasteiger charge is -2.05. The van der Waals surface area contributed by atoms with E-state index in [4.69, 9.17) is 0 Å². The summed E-state index contributed by atoms with van der Waals surface area (Å²) in [6.45, 7) is 2.16. The number of hydrogen-bond donors (Lipinski definition) is 1. The molecule has 4 heteroatoms. The molecule has 1 aromatic carbocycles. The van der Waals surface area contributed by atoms with E-state index in [-0.39, 0.29) is 0 Å². The molecule has 0 saturated heterocycles. The highest BCUT2D eigenvalue weighted by Crippen LogP contribution is 2.22. The number of H-pyrrole nitrogens is 1. The van der Waals surface area contributed by atoms with Crippen LogP contribution in [0.15, 0.2) is 36.7 Å². The molecule has 0 amide bonds. The van der Waals surface area contributed by atoms with Crippen LogP contribution in [0.25, 0.3) is 22.6 Å². The van der Waals surface area contributed by atoms with Gasteiger partial charge in [-0.3, -0.25) is 9.78 Å². The number of allylic oxidation sites excluding steroid dienone is 1. The molecule has 0 aliphatic heterocycles. The van der Waals surface area contributed by atoms with Crippen LogP contribution in [0.4, 0.5) is 0 Å². The van der Waals surface area contributed by atoms with Crippen LogP contribution < -0.4 is 0 Å². The third kappa shape index (κ3) is 2.17. The van der Waals surface area contributed by atoms with Gasteiger partial charge in [-0.1, -0.05) is 13.0 Å². The Hall–Kier alpha value is -2.36. The molecular formula is C15H16N4. The van der Waals surface area contributed by atoms with Gasteiger partial charge in [0.2, 0.25) is 0 Å². The first-order chi connectivity index (χ1) is 9.28. The maximum absolute atomic E-state index is 4.23. The van der Waals surface area contributed by atoms with Gasteiger partial charge < -0.3 is 0 Å². The van der Waals surface area contributed by atoms with Gasteiger partial charge in [0.1, 0.15) is 0 Å². The molecule has 0 radical (unpaired) electrons. The average molecular weight is 252 g/mol. The second-order valence-corrected chi connectivity index (χ2v) is 4.58. The lowest BCUT2D eigenvalue weighted by Crippen LogP contribution is -1.96. The van der Waals surface area contributed by atoms with Crippen molar-refractivity contribution in [3.63, 3.8) is 0 Å². The second kappa shape index (κ2) is 4.72. The first-order valence-electron chi connectivity index (χ1n) is 6.40. The van der Waals surface area contributed by atoms with Crippen LogP contribution in [0, 0.1) is 0 Å². The molecule has 3 aromatic rings. The standard InChI is InChI=1S/C15H16N4/c1-3-12(15-6-7-17-19(15)2)8-11-4-5-14-13(9-11)10-16-18-14/h4-10H,3H2,1-2H3,(H,16,18)/b12-8+. The molecular weight excluding hydrogens is 236 g/mol. The van der Waals surface area contributed by atoms with Crippen LogP contribution in [0.2, 0.25) is 0 Å². The van der Waals surface area contributed by atoms with Crippen molar-refractivity contribution in [2.75, 3.05) is 0 Å². The highest BCUT2D eigenvalue weighted by atomic mass is 15.3. The lowest BCUT2D eigenvalue weighted by atomic mass is 10.0.